The van der Waals surface area contributed by atoms with Gasteiger partial charge in [0.1, 0.15) is 11.5 Å². The Balaban J connectivity index is 2.30. The van der Waals surface area contributed by atoms with E-state index in [-0.39, 0.29) is 28.3 Å². The summed E-state index contributed by atoms with van der Waals surface area (Å²) in [6.45, 7) is 1.82. The molecule has 0 heterocycles. The van der Waals surface area contributed by atoms with Gasteiger partial charge in [-0.25, -0.2) is 4.39 Å². The van der Waals surface area contributed by atoms with Gasteiger partial charge in [0, 0.05) is 12.1 Å². The largest absolute Gasteiger partial charge is 0.372 e. The van der Waals surface area contributed by atoms with Gasteiger partial charge in [-0.15, -0.1) is 0 Å². The number of nitrogens with one attached hydrogen (secondary N) is 1. The van der Waals surface area contributed by atoms with Crippen molar-refractivity contribution in [3.05, 3.63) is 69.0 Å². The quantitative estimate of drug-likeness (QED) is 0.664. The maximum Gasteiger partial charge on any atom is 0.293 e. The second kappa shape index (κ2) is 5.88. The Labute approximate surface area is 120 Å². The predicted octanol–water partition coefficient (Wildman–Crippen LogP) is 4.56. The van der Waals surface area contributed by atoms with E-state index < -0.39 is 4.92 Å². The van der Waals surface area contributed by atoms with Gasteiger partial charge in [0.15, 0.2) is 0 Å². The molecule has 2 aromatic rings. The lowest BCUT2D eigenvalue weighted by Crippen LogP contribution is -2.08. The summed E-state index contributed by atoms with van der Waals surface area (Å²) < 4.78 is 12.9. The molecule has 0 saturated carbocycles. The molecule has 0 aliphatic heterocycles. The van der Waals surface area contributed by atoms with Crippen molar-refractivity contribution in [2.45, 2.75) is 13.0 Å². The number of hydrogen-bond acceptors (Lipinski definition) is 3. The van der Waals surface area contributed by atoms with Gasteiger partial charge in [-0.1, -0.05) is 29.8 Å². The first-order chi connectivity index (χ1) is 9.49. The maximum atomic E-state index is 12.9. The summed E-state index contributed by atoms with van der Waals surface area (Å²) in [5.41, 5.74) is 0.975. The first-order valence-electron chi connectivity index (χ1n) is 5.94. The molecule has 2 rings (SSSR count). The molecule has 20 heavy (non-hydrogen) atoms. The van der Waals surface area contributed by atoms with E-state index in [4.69, 9.17) is 11.6 Å². The van der Waals surface area contributed by atoms with Crippen LogP contribution in [0, 0.1) is 15.9 Å². The first kappa shape index (κ1) is 14.3. The number of halogens is 2. The molecular formula is C14H12ClFN2O2. The van der Waals surface area contributed by atoms with E-state index in [1.54, 1.807) is 18.2 Å². The Hall–Kier alpha value is -2.14. The van der Waals surface area contributed by atoms with E-state index in [9.17, 15) is 14.5 Å². The minimum absolute atomic E-state index is 0.0912. The van der Waals surface area contributed by atoms with Crippen LogP contribution in [0.2, 0.25) is 5.02 Å². The van der Waals surface area contributed by atoms with Gasteiger partial charge < -0.3 is 5.32 Å². The van der Waals surface area contributed by atoms with Crippen LogP contribution in [-0.4, -0.2) is 4.92 Å². The Morgan fingerprint density at radius 1 is 1.25 bits per heavy atom. The highest BCUT2D eigenvalue weighted by Gasteiger charge is 2.18. The van der Waals surface area contributed by atoms with Crippen LogP contribution in [-0.2, 0) is 0 Å². The smallest absolute Gasteiger partial charge is 0.293 e. The zero-order valence-electron chi connectivity index (χ0n) is 10.6. The summed E-state index contributed by atoms with van der Waals surface area (Å²) in [5.74, 6) is -0.329. The molecule has 1 N–H and O–H groups in total. The zero-order chi connectivity index (χ0) is 14.7. The Morgan fingerprint density at radius 2 is 1.90 bits per heavy atom. The molecule has 104 valence electrons. The van der Waals surface area contributed by atoms with Gasteiger partial charge >= 0.3 is 0 Å². The number of para-hydroxylation sites is 1. The topological polar surface area (TPSA) is 55.2 Å². The molecule has 6 heteroatoms. The van der Waals surface area contributed by atoms with Gasteiger partial charge in [0.25, 0.3) is 5.69 Å². The SMILES string of the molecule is CC(Nc1c(Cl)cccc1[N+](=O)[O-])c1ccc(F)cc1. The van der Waals surface area contributed by atoms with Crippen molar-refractivity contribution in [3.8, 4) is 0 Å². The molecule has 0 aliphatic rings. The van der Waals surface area contributed by atoms with Gasteiger partial charge in [0.2, 0.25) is 0 Å². The van der Waals surface area contributed by atoms with E-state index >= 15 is 0 Å². The molecule has 2 aromatic carbocycles. The van der Waals surface area contributed by atoms with Crippen molar-refractivity contribution in [2.24, 2.45) is 0 Å². The molecule has 0 fully saturated rings. The third-order valence-electron chi connectivity index (χ3n) is 2.92. The van der Waals surface area contributed by atoms with Crippen LogP contribution in [0.1, 0.15) is 18.5 Å². The molecule has 0 aliphatic carbocycles. The molecule has 0 amide bonds. The molecule has 4 nitrogen and oxygen atoms in total. The number of benzene rings is 2. The molecule has 0 aromatic heterocycles. The molecule has 0 saturated heterocycles. The predicted molar refractivity (Wildman–Crippen MR) is 76.5 cm³/mol. The minimum Gasteiger partial charge on any atom is -0.372 e. The number of anilines is 1. The highest BCUT2D eigenvalue weighted by molar-refractivity contribution is 6.33. The van der Waals surface area contributed by atoms with Gasteiger partial charge in [0.05, 0.1) is 9.95 Å². The molecule has 0 radical (unpaired) electrons. The van der Waals surface area contributed by atoms with Crippen LogP contribution >= 0.6 is 11.6 Å². The number of nitro groups is 1. The second-order valence-corrected chi connectivity index (χ2v) is 4.72. The van der Waals surface area contributed by atoms with E-state index in [2.05, 4.69) is 5.32 Å². The highest BCUT2D eigenvalue weighted by atomic mass is 35.5. The van der Waals surface area contributed by atoms with Crippen LogP contribution in [0.15, 0.2) is 42.5 Å². The van der Waals surface area contributed by atoms with Crippen molar-refractivity contribution >= 4 is 23.0 Å². The fraction of sp³-hybridized carbons (Fsp3) is 0.143. The monoisotopic (exact) mass is 294 g/mol. The van der Waals surface area contributed by atoms with E-state index in [1.807, 2.05) is 6.92 Å². The minimum atomic E-state index is -0.494. The summed E-state index contributed by atoms with van der Waals surface area (Å²) in [7, 11) is 0. The van der Waals surface area contributed by atoms with Crippen LogP contribution in [0.3, 0.4) is 0 Å². The summed E-state index contributed by atoms with van der Waals surface area (Å²) in [4.78, 5) is 10.5. The van der Waals surface area contributed by atoms with Gasteiger partial charge in [-0.3, -0.25) is 10.1 Å². The van der Waals surface area contributed by atoms with Crippen LogP contribution in [0.25, 0.3) is 0 Å². The lowest BCUT2D eigenvalue weighted by Gasteiger charge is -2.16. The third-order valence-corrected chi connectivity index (χ3v) is 3.23. The second-order valence-electron chi connectivity index (χ2n) is 4.31. The van der Waals surface area contributed by atoms with E-state index in [0.29, 0.717) is 0 Å². The van der Waals surface area contributed by atoms with Crippen molar-refractivity contribution in [1.82, 2.24) is 0 Å². The summed E-state index contributed by atoms with van der Waals surface area (Å²) in [6, 6.07) is 10.2. The number of nitro benzene ring substituents is 1. The van der Waals surface area contributed by atoms with Crippen molar-refractivity contribution in [3.63, 3.8) is 0 Å². The average molecular weight is 295 g/mol. The van der Waals surface area contributed by atoms with Crippen LogP contribution < -0.4 is 5.32 Å². The number of hydrogen-bond donors (Lipinski definition) is 1. The number of rotatable bonds is 4. The first-order valence-corrected chi connectivity index (χ1v) is 6.31. The fourth-order valence-electron chi connectivity index (χ4n) is 1.86. The van der Waals surface area contributed by atoms with Crippen molar-refractivity contribution < 1.29 is 9.31 Å². The Kier molecular flexibility index (Phi) is 4.20. The highest BCUT2D eigenvalue weighted by Crippen LogP contribution is 2.34. The fourth-order valence-corrected chi connectivity index (χ4v) is 2.08. The van der Waals surface area contributed by atoms with Crippen LogP contribution in [0.4, 0.5) is 15.8 Å². The Bertz CT molecular complexity index is 632. The Morgan fingerprint density at radius 3 is 2.50 bits per heavy atom. The van der Waals surface area contributed by atoms with Crippen LogP contribution in [0.5, 0.6) is 0 Å². The summed E-state index contributed by atoms with van der Waals surface area (Å²) in [6.07, 6.45) is 0. The summed E-state index contributed by atoms with van der Waals surface area (Å²) >= 11 is 6.00. The van der Waals surface area contributed by atoms with Crippen molar-refractivity contribution in [1.29, 1.82) is 0 Å². The normalized spacial score (nSPS) is 11.9. The van der Waals surface area contributed by atoms with Gasteiger partial charge in [-0.05, 0) is 30.7 Å². The molecule has 1 unspecified atom stereocenters. The van der Waals surface area contributed by atoms with Gasteiger partial charge in [-0.2, -0.15) is 0 Å². The molecule has 1 atom stereocenters. The molecule has 0 spiro atoms. The lowest BCUT2D eigenvalue weighted by molar-refractivity contribution is -0.384. The molecular weight excluding hydrogens is 283 g/mol. The zero-order valence-corrected chi connectivity index (χ0v) is 11.4. The molecule has 0 bridgehead atoms. The standard InChI is InChI=1S/C14H12ClFN2O2/c1-9(10-5-7-11(16)8-6-10)17-14-12(15)3-2-4-13(14)18(19)20/h2-9,17H,1H3. The average Bonchev–Trinajstić information content (AvgIpc) is 2.41. The maximum absolute atomic E-state index is 12.9. The van der Waals surface area contributed by atoms with Crippen molar-refractivity contribution in [2.75, 3.05) is 5.32 Å². The number of nitrogens with zero attached hydrogens (tertiary/aromatic N) is 1. The lowest BCUT2D eigenvalue weighted by atomic mass is 10.1. The van der Waals surface area contributed by atoms with E-state index in [0.717, 1.165) is 5.56 Å². The third kappa shape index (κ3) is 3.05. The summed E-state index contributed by atoms with van der Waals surface area (Å²) in [5, 5.41) is 14.3. The van der Waals surface area contributed by atoms with E-state index in [1.165, 1.54) is 24.3 Å².